The third-order valence-electron chi connectivity index (χ3n) is 3.58. The van der Waals surface area contributed by atoms with Gasteiger partial charge in [0.25, 0.3) is 11.2 Å². The van der Waals surface area contributed by atoms with E-state index >= 15 is 0 Å². The molecule has 8 heteroatoms. The fourth-order valence-electron chi connectivity index (χ4n) is 2.38. The number of nitro groups is 1. The number of nitrogens with zero attached hydrogens (tertiary/aromatic N) is 3. The summed E-state index contributed by atoms with van der Waals surface area (Å²) in [6.45, 7) is 0. The van der Waals surface area contributed by atoms with Crippen molar-refractivity contribution in [3.63, 3.8) is 0 Å². The molecule has 0 unspecified atom stereocenters. The Labute approximate surface area is 152 Å². The van der Waals surface area contributed by atoms with Gasteiger partial charge < -0.3 is 0 Å². The number of para-hydroxylation sites is 1. The Hall–Kier alpha value is -2.32. The SMILES string of the molecule is CSCCSc1nc2ccccc2c(=O)n1-c1ccc([N+](=O)[O-])cc1. The molecule has 0 amide bonds. The molecule has 0 spiro atoms. The second-order valence-corrected chi connectivity index (χ2v) is 7.21. The summed E-state index contributed by atoms with van der Waals surface area (Å²) in [6.07, 6.45) is 2.03. The molecular formula is C17H15N3O3S2. The average Bonchev–Trinajstić information content (AvgIpc) is 2.62. The summed E-state index contributed by atoms with van der Waals surface area (Å²) in [7, 11) is 0. The Morgan fingerprint density at radius 1 is 1.12 bits per heavy atom. The van der Waals surface area contributed by atoms with Gasteiger partial charge in [0.1, 0.15) is 0 Å². The van der Waals surface area contributed by atoms with Crippen LogP contribution >= 0.6 is 23.5 Å². The summed E-state index contributed by atoms with van der Waals surface area (Å²) in [4.78, 5) is 28.0. The minimum absolute atomic E-state index is 0.0119. The van der Waals surface area contributed by atoms with Gasteiger partial charge in [0.05, 0.1) is 21.5 Å². The number of hydrogen-bond acceptors (Lipinski definition) is 6. The Kier molecular flexibility index (Phi) is 5.40. The van der Waals surface area contributed by atoms with Crippen LogP contribution < -0.4 is 5.56 Å². The Morgan fingerprint density at radius 2 is 1.84 bits per heavy atom. The van der Waals surface area contributed by atoms with E-state index in [4.69, 9.17) is 0 Å². The van der Waals surface area contributed by atoms with Gasteiger partial charge in [-0.3, -0.25) is 19.5 Å². The monoisotopic (exact) mass is 373 g/mol. The fraction of sp³-hybridized carbons (Fsp3) is 0.176. The van der Waals surface area contributed by atoms with Crippen molar-refractivity contribution < 1.29 is 4.92 Å². The highest BCUT2D eigenvalue weighted by molar-refractivity contribution is 8.02. The first kappa shape index (κ1) is 17.5. The second kappa shape index (κ2) is 7.71. The van der Waals surface area contributed by atoms with E-state index in [1.54, 1.807) is 36.0 Å². The van der Waals surface area contributed by atoms with E-state index in [0.717, 1.165) is 11.5 Å². The van der Waals surface area contributed by atoms with E-state index in [2.05, 4.69) is 4.98 Å². The maximum atomic E-state index is 13.0. The molecule has 6 nitrogen and oxygen atoms in total. The number of aromatic nitrogens is 2. The zero-order valence-electron chi connectivity index (χ0n) is 13.4. The first-order valence-electron chi connectivity index (χ1n) is 7.50. The predicted molar refractivity (Wildman–Crippen MR) is 103 cm³/mol. The summed E-state index contributed by atoms with van der Waals surface area (Å²) >= 11 is 3.23. The van der Waals surface area contributed by atoms with Crippen LogP contribution in [0, 0.1) is 10.1 Å². The number of benzene rings is 2. The third kappa shape index (κ3) is 3.69. The van der Waals surface area contributed by atoms with Crippen molar-refractivity contribution in [2.75, 3.05) is 17.8 Å². The van der Waals surface area contributed by atoms with Crippen LogP contribution in [0.2, 0.25) is 0 Å². The molecule has 0 aliphatic rings. The number of rotatable bonds is 6. The van der Waals surface area contributed by atoms with E-state index < -0.39 is 4.92 Å². The highest BCUT2D eigenvalue weighted by Gasteiger charge is 2.14. The number of thioether (sulfide) groups is 2. The van der Waals surface area contributed by atoms with Crippen LogP contribution in [0.5, 0.6) is 0 Å². The normalized spacial score (nSPS) is 10.9. The molecule has 1 aromatic heterocycles. The van der Waals surface area contributed by atoms with Crippen LogP contribution in [0.1, 0.15) is 0 Å². The lowest BCUT2D eigenvalue weighted by molar-refractivity contribution is -0.384. The zero-order valence-corrected chi connectivity index (χ0v) is 15.0. The highest BCUT2D eigenvalue weighted by atomic mass is 32.2. The number of fused-ring (bicyclic) bond motifs is 1. The van der Waals surface area contributed by atoms with Crippen molar-refractivity contribution in [1.82, 2.24) is 9.55 Å². The van der Waals surface area contributed by atoms with Gasteiger partial charge in [0.15, 0.2) is 5.16 Å². The van der Waals surface area contributed by atoms with Crippen LogP contribution in [0.3, 0.4) is 0 Å². The number of nitro benzene ring substituents is 1. The molecule has 1 heterocycles. The highest BCUT2D eigenvalue weighted by Crippen LogP contribution is 2.23. The van der Waals surface area contributed by atoms with E-state index in [1.807, 2.05) is 18.4 Å². The van der Waals surface area contributed by atoms with Crippen LogP contribution in [-0.2, 0) is 0 Å². The Morgan fingerprint density at radius 3 is 2.52 bits per heavy atom. The summed E-state index contributed by atoms with van der Waals surface area (Å²) in [5.74, 6) is 1.76. The van der Waals surface area contributed by atoms with Crippen molar-refractivity contribution in [3.05, 3.63) is 69.0 Å². The van der Waals surface area contributed by atoms with Gasteiger partial charge in [0, 0.05) is 23.6 Å². The molecule has 25 heavy (non-hydrogen) atoms. The Bertz CT molecular complexity index is 971. The number of hydrogen-bond donors (Lipinski definition) is 0. The van der Waals surface area contributed by atoms with Crippen molar-refractivity contribution in [3.8, 4) is 5.69 Å². The maximum absolute atomic E-state index is 13.0. The first-order valence-corrected chi connectivity index (χ1v) is 9.88. The molecular weight excluding hydrogens is 358 g/mol. The lowest BCUT2D eigenvalue weighted by Gasteiger charge is -2.13. The minimum Gasteiger partial charge on any atom is -0.268 e. The van der Waals surface area contributed by atoms with Crippen molar-refractivity contribution >= 4 is 40.1 Å². The van der Waals surface area contributed by atoms with Crippen LogP contribution in [0.25, 0.3) is 16.6 Å². The van der Waals surface area contributed by atoms with Gasteiger partial charge in [-0.25, -0.2) is 4.98 Å². The molecule has 0 fully saturated rings. The zero-order chi connectivity index (χ0) is 17.8. The third-order valence-corrected chi connectivity index (χ3v) is 5.39. The lowest BCUT2D eigenvalue weighted by atomic mass is 10.2. The molecule has 0 atom stereocenters. The van der Waals surface area contributed by atoms with E-state index in [-0.39, 0.29) is 11.2 Å². The summed E-state index contributed by atoms with van der Waals surface area (Å²) in [6, 6.07) is 13.1. The summed E-state index contributed by atoms with van der Waals surface area (Å²) in [5, 5.41) is 12.0. The maximum Gasteiger partial charge on any atom is 0.269 e. The fourth-order valence-corrected chi connectivity index (χ4v) is 4.04. The predicted octanol–water partition coefficient (Wildman–Crippen LogP) is 3.75. The van der Waals surface area contributed by atoms with Gasteiger partial charge in [-0.15, -0.1) is 0 Å². The van der Waals surface area contributed by atoms with Gasteiger partial charge in [-0.1, -0.05) is 23.9 Å². The molecule has 3 rings (SSSR count). The molecule has 2 aromatic carbocycles. The standard InChI is InChI=1S/C17H15N3O3S2/c1-24-10-11-25-17-18-15-5-3-2-4-14(15)16(21)19(17)12-6-8-13(9-7-12)20(22)23/h2-9H,10-11H2,1H3. The number of non-ortho nitro benzene ring substituents is 1. The minimum atomic E-state index is -0.459. The van der Waals surface area contributed by atoms with Crippen molar-refractivity contribution in [1.29, 1.82) is 0 Å². The van der Waals surface area contributed by atoms with Crippen LogP contribution in [-0.4, -0.2) is 32.2 Å². The van der Waals surface area contributed by atoms with E-state index in [9.17, 15) is 14.9 Å². The molecule has 0 bridgehead atoms. The molecule has 0 saturated heterocycles. The first-order chi connectivity index (χ1) is 12.1. The van der Waals surface area contributed by atoms with Gasteiger partial charge >= 0.3 is 0 Å². The molecule has 3 aromatic rings. The molecule has 0 saturated carbocycles. The largest absolute Gasteiger partial charge is 0.269 e. The molecule has 128 valence electrons. The van der Waals surface area contributed by atoms with Gasteiger partial charge in [-0.05, 0) is 30.5 Å². The van der Waals surface area contributed by atoms with Crippen LogP contribution in [0.15, 0.2) is 58.5 Å². The quantitative estimate of drug-likeness (QED) is 0.215. The van der Waals surface area contributed by atoms with E-state index in [1.165, 1.54) is 28.5 Å². The molecule has 0 aliphatic carbocycles. The molecule has 0 N–H and O–H groups in total. The molecule has 0 radical (unpaired) electrons. The second-order valence-electron chi connectivity index (χ2n) is 5.17. The molecule has 0 aliphatic heterocycles. The lowest BCUT2D eigenvalue weighted by Crippen LogP contribution is -2.21. The summed E-state index contributed by atoms with van der Waals surface area (Å²) < 4.78 is 1.52. The average molecular weight is 373 g/mol. The smallest absolute Gasteiger partial charge is 0.268 e. The van der Waals surface area contributed by atoms with Gasteiger partial charge in [-0.2, -0.15) is 11.8 Å². The van der Waals surface area contributed by atoms with Crippen LogP contribution in [0.4, 0.5) is 5.69 Å². The topological polar surface area (TPSA) is 78.0 Å². The van der Waals surface area contributed by atoms with E-state index in [0.29, 0.717) is 21.7 Å². The summed E-state index contributed by atoms with van der Waals surface area (Å²) in [5.41, 5.74) is 1.03. The van der Waals surface area contributed by atoms with Gasteiger partial charge in [0.2, 0.25) is 0 Å². The van der Waals surface area contributed by atoms with Crippen molar-refractivity contribution in [2.45, 2.75) is 5.16 Å². The Balaban J connectivity index is 2.16. The van der Waals surface area contributed by atoms with Crippen molar-refractivity contribution in [2.24, 2.45) is 0 Å².